The molecule has 1 aliphatic rings. The average Bonchev–Trinajstić information content (AvgIpc) is 2.86. The third kappa shape index (κ3) is 2.52. The summed E-state index contributed by atoms with van der Waals surface area (Å²) < 4.78 is 4.59. The third-order valence-corrected chi connectivity index (χ3v) is 2.95. The van der Waals surface area contributed by atoms with Gasteiger partial charge in [0.1, 0.15) is 5.82 Å². The van der Waals surface area contributed by atoms with Gasteiger partial charge in [-0.1, -0.05) is 0 Å². The van der Waals surface area contributed by atoms with Gasteiger partial charge in [-0.2, -0.15) is 0 Å². The lowest BCUT2D eigenvalue weighted by molar-refractivity contribution is 0.0587. The fraction of sp³-hybridized carbons (Fsp3) is 0.545. The average molecular weight is 236 g/mol. The number of esters is 1. The topological polar surface area (TPSA) is 81.3 Å². The van der Waals surface area contributed by atoms with Crippen molar-refractivity contribution in [3.8, 4) is 0 Å². The number of hydrogen-bond donors (Lipinski definition) is 1. The van der Waals surface area contributed by atoms with E-state index < -0.39 is 5.97 Å². The van der Waals surface area contributed by atoms with Crippen LogP contribution in [-0.2, 0) is 4.74 Å². The smallest absolute Gasteiger partial charge is 0.376 e. The third-order valence-electron chi connectivity index (χ3n) is 2.95. The van der Waals surface area contributed by atoms with Crippen molar-refractivity contribution in [2.75, 3.05) is 31.6 Å². The first-order chi connectivity index (χ1) is 8.24. The van der Waals surface area contributed by atoms with Gasteiger partial charge < -0.3 is 15.4 Å². The van der Waals surface area contributed by atoms with E-state index in [0.29, 0.717) is 12.5 Å². The summed E-state index contributed by atoms with van der Waals surface area (Å²) in [5, 5.41) is 0. The molecule has 0 aliphatic carbocycles. The van der Waals surface area contributed by atoms with Gasteiger partial charge in [0, 0.05) is 19.3 Å². The first-order valence-electron chi connectivity index (χ1n) is 5.61. The first-order valence-corrected chi connectivity index (χ1v) is 5.61. The lowest BCUT2D eigenvalue weighted by Gasteiger charge is -2.17. The van der Waals surface area contributed by atoms with Crippen molar-refractivity contribution >= 4 is 11.8 Å². The Balaban J connectivity index is 2.14. The summed E-state index contributed by atoms with van der Waals surface area (Å²) in [7, 11) is 1.32. The highest BCUT2D eigenvalue weighted by molar-refractivity contribution is 5.85. The largest absolute Gasteiger partial charge is 0.463 e. The number of methoxy groups -OCH3 is 1. The van der Waals surface area contributed by atoms with E-state index in [1.165, 1.54) is 7.11 Å². The molecule has 0 amide bonds. The van der Waals surface area contributed by atoms with Crippen LogP contribution >= 0.6 is 0 Å². The Labute approximate surface area is 99.8 Å². The lowest BCUT2D eigenvalue weighted by atomic mass is 10.1. The SMILES string of the molecule is COC(=O)c1nccc(N2CCC(CN)C2)n1. The van der Waals surface area contributed by atoms with Crippen LogP contribution in [0.15, 0.2) is 12.3 Å². The molecule has 0 spiro atoms. The van der Waals surface area contributed by atoms with Gasteiger partial charge in [-0.3, -0.25) is 0 Å². The molecule has 1 atom stereocenters. The second-order valence-electron chi connectivity index (χ2n) is 4.07. The Morgan fingerprint density at radius 1 is 1.71 bits per heavy atom. The summed E-state index contributed by atoms with van der Waals surface area (Å²) in [6, 6.07) is 1.80. The number of nitrogens with zero attached hydrogens (tertiary/aromatic N) is 3. The van der Waals surface area contributed by atoms with E-state index in [2.05, 4.69) is 19.6 Å². The van der Waals surface area contributed by atoms with Gasteiger partial charge in [-0.05, 0) is 24.9 Å². The van der Waals surface area contributed by atoms with Crippen LogP contribution in [0.5, 0.6) is 0 Å². The number of nitrogens with two attached hydrogens (primary N) is 1. The molecule has 2 rings (SSSR count). The van der Waals surface area contributed by atoms with Gasteiger partial charge in [-0.25, -0.2) is 14.8 Å². The molecule has 2 heterocycles. The van der Waals surface area contributed by atoms with E-state index in [0.717, 1.165) is 25.3 Å². The highest BCUT2D eigenvalue weighted by Crippen LogP contribution is 2.21. The maximum absolute atomic E-state index is 11.3. The summed E-state index contributed by atoms with van der Waals surface area (Å²) in [5.74, 6) is 0.852. The molecule has 92 valence electrons. The number of hydrogen-bond acceptors (Lipinski definition) is 6. The minimum atomic E-state index is -0.513. The molecule has 6 nitrogen and oxygen atoms in total. The second kappa shape index (κ2) is 5.09. The van der Waals surface area contributed by atoms with E-state index >= 15 is 0 Å². The Hall–Kier alpha value is -1.69. The van der Waals surface area contributed by atoms with Crippen molar-refractivity contribution in [3.63, 3.8) is 0 Å². The fourth-order valence-electron chi connectivity index (χ4n) is 1.95. The zero-order chi connectivity index (χ0) is 12.3. The molecule has 1 saturated heterocycles. The standard InChI is InChI=1S/C11H16N4O2/c1-17-11(16)10-13-4-2-9(14-10)15-5-3-8(6-12)7-15/h2,4,8H,3,5-7,12H2,1H3. The number of carbonyl (C=O) groups excluding carboxylic acids is 1. The monoisotopic (exact) mass is 236 g/mol. The molecule has 0 saturated carbocycles. The minimum Gasteiger partial charge on any atom is -0.463 e. The van der Waals surface area contributed by atoms with E-state index in [1.807, 2.05) is 0 Å². The van der Waals surface area contributed by atoms with Gasteiger partial charge in [0.15, 0.2) is 0 Å². The Bertz CT molecular complexity index is 410. The predicted molar refractivity (Wildman–Crippen MR) is 62.7 cm³/mol. The molecule has 0 radical (unpaired) electrons. The molecule has 1 aromatic heterocycles. The number of aromatic nitrogens is 2. The molecule has 1 aliphatic heterocycles. The second-order valence-corrected chi connectivity index (χ2v) is 4.07. The quantitative estimate of drug-likeness (QED) is 0.747. The highest BCUT2D eigenvalue weighted by atomic mass is 16.5. The molecule has 1 unspecified atom stereocenters. The Kier molecular flexibility index (Phi) is 3.53. The molecule has 6 heteroatoms. The Morgan fingerprint density at radius 2 is 2.53 bits per heavy atom. The van der Waals surface area contributed by atoms with Gasteiger partial charge in [0.05, 0.1) is 7.11 Å². The molecule has 17 heavy (non-hydrogen) atoms. The zero-order valence-electron chi connectivity index (χ0n) is 9.80. The van der Waals surface area contributed by atoms with Crippen LogP contribution < -0.4 is 10.6 Å². The van der Waals surface area contributed by atoms with Crippen LogP contribution in [0.4, 0.5) is 5.82 Å². The number of ether oxygens (including phenoxy) is 1. The van der Waals surface area contributed by atoms with Gasteiger partial charge in [0.2, 0.25) is 5.82 Å². The van der Waals surface area contributed by atoms with E-state index in [4.69, 9.17) is 5.73 Å². The fourth-order valence-corrected chi connectivity index (χ4v) is 1.95. The number of anilines is 1. The van der Waals surface area contributed by atoms with Crippen molar-refractivity contribution in [1.82, 2.24) is 9.97 Å². The maximum Gasteiger partial charge on any atom is 0.376 e. The highest BCUT2D eigenvalue weighted by Gasteiger charge is 2.23. The first kappa shape index (κ1) is 11.8. The van der Waals surface area contributed by atoms with Crippen molar-refractivity contribution < 1.29 is 9.53 Å². The van der Waals surface area contributed by atoms with Crippen LogP contribution in [0.3, 0.4) is 0 Å². The normalized spacial score (nSPS) is 19.4. The van der Waals surface area contributed by atoms with E-state index in [9.17, 15) is 4.79 Å². The zero-order valence-corrected chi connectivity index (χ0v) is 9.80. The molecular formula is C11H16N4O2. The molecular weight excluding hydrogens is 220 g/mol. The van der Waals surface area contributed by atoms with Crippen LogP contribution in [0.1, 0.15) is 17.0 Å². The number of carbonyl (C=O) groups is 1. The summed E-state index contributed by atoms with van der Waals surface area (Å²) in [4.78, 5) is 21.5. The molecule has 0 aromatic carbocycles. The molecule has 0 bridgehead atoms. The maximum atomic E-state index is 11.3. The summed E-state index contributed by atoms with van der Waals surface area (Å²) in [6.07, 6.45) is 2.64. The van der Waals surface area contributed by atoms with Gasteiger partial charge in [0.25, 0.3) is 0 Å². The summed E-state index contributed by atoms with van der Waals surface area (Å²) in [5.41, 5.74) is 5.64. The van der Waals surface area contributed by atoms with Crippen LogP contribution in [0.2, 0.25) is 0 Å². The van der Waals surface area contributed by atoms with Gasteiger partial charge >= 0.3 is 5.97 Å². The van der Waals surface area contributed by atoms with Crippen molar-refractivity contribution in [2.24, 2.45) is 11.7 Å². The van der Waals surface area contributed by atoms with E-state index in [-0.39, 0.29) is 5.82 Å². The van der Waals surface area contributed by atoms with Crippen molar-refractivity contribution in [2.45, 2.75) is 6.42 Å². The van der Waals surface area contributed by atoms with Crippen molar-refractivity contribution in [1.29, 1.82) is 0 Å². The van der Waals surface area contributed by atoms with Crippen molar-refractivity contribution in [3.05, 3.63) is 18.1 Å². The van der Waals surface area contributed by atoms with Crippen LogP contribution in [0, 0.1) is 5.92 Å². The molecule has 1 fully saturated rings. The Morgan fingerprint density at radius 3 is 3.18 bits per heavy atom. The van der Waals surface area contributed by atoms with Gasteiger partial charge in [-0.15, -0.1) is 0 Å². The van der Waals surface area contributed by atoms with Crippen LogP contribution in [0.25, 0.3) is 0 Å². The summed E-state index contributed by atoms with van der Waals surface area (Å²) >= 11 is 0. The van der Waals surface area contributed by atoms with E-state index in [1.54, 1.807) is 12.3 Å². The number of rotatable bonds is 3. The van der Waals surface area contributed by atoms with Crippen LogP contribution in [-0.4, -0.2) is 42.7 Å². The molecule has 1 aromatic rings. The molecule has 2 N–H and O–H groups in total. The minimum absolute atomic E-state index is 0.0983. The lowest BCUT2D eigenvalue weighted by Crippen LogP contribution is -2.24. The predicted octanol–water partition coefficient (Wildman–Crippen LogP) is 0.0482. The summed E-state index contributed by atoms with van der Waals surface area (Å²) in [6.45, 7) is 2.49.